The number of likely N-dealkylation sites (tertiary alicyclic amines) is 1. The Morgan fingerprint density at radius 3 is 2.33 bits per heavy atom. The molecule has 9 nitrogen and oxygen atoms in total. The number of nitrogens with one attached hydrogen (secondary N) is 1. The lowest BCUT2D eigenvalue weighted by atomic mass is 9.95. The predicted octanol–water partition coefficient (Wildman–Crippen LogP) is 3.55. The van der Waals surface area contributed by atoms with Crippen molar-refractivity contribution in [3.05, 3.63) is 53.9 Å². The number of aryl methyl sites for hydroxylation is 1. The molecule has 2 amide bonds. The summed E-state index contributed by atoms with van der Waals surface area (Å²) in [5.74, 6) is 1.86. The number of carbonyl (C=O) groups is 2. The van der Waals surface area contributed by atoms with Crippen molar-refractivity contribution in [3.63, 3.8) is 0 Å². The molecule has 1 aromatic heterocycles. The van der Waals surface area contributed by atoms with Gasteiger partial charge in [-0.25, -0.2) is 0 Å². The first kappa shape index (κ1) is 22.3. The van der Waals surface area contributed by atoms with Crippen LogP contribution in [0.25, 0.3) is 11.4 Å². The predicted molar refractivity (Wildman–Crippen MR) is 121 cm³/mol. The molecule has 0 unspecified atom stereocenters. The highest BCUT2D eigenvalue weighted by Gasteiger charge is 2.28. The van der Waals surface area contributed by atoms with Gasteiger partial charge in [-0.2, -0.15) is 4.98 Å². The number of rotatable bonds is 6. The minimum absolute atomic E-state index is 0.0513. The molecule has 0 saturated carbocycles. The molecule has 4 rings (SSSR count). The zero-order valence-electron chi connectivity index (χ0n) is 18.8. The second kappa shape index (κ2) is 9.72. The van der Waals surface area contributed by atoms with Crippen LogP contribution in [-0.4, -0.2) is 54.2 Å². The molecule has 1 aliphatic heterocycles. The number of nitrogens with zero attached hydrogens (tertiary/aromatic N) is 3. The highest BCUT2D eigenvalue weighted by atomic mass is 16.5. The molecule has 1 aliphatic rings. The maximum Gasteiger partial charge on any atom is 0.253 e. The van der Waals surface area contributed by atoms with Gasteiger partial charge in [0.05, 0.1) is 14.2 Å². The number of anilines is 1. The molecule has 0 aliphatic carbocycles. The standard InChI is InChI=1S/C24H26N4O5/c1-15-25-22(27-33-15)16-4-6-18(7-5-16)24(30)28-12-10-17(11-13-28)23(29)26-19-8-9-20(31-2)21(14-19)32-3/h4-9,14,17H,10-13H2,1-3H3,(H,26,29). The Balaban J connectivity index is 1.32. The smallest absolute Gasteiger partial charge is 0.253 e. The first-order valence-electron chi connectivity index (χ1n) is 10.7. The van der Waals surface area contributed by atoms with Gasteiger partial charge in [0.1, 0.15) is 0 Å². The summed E-state index contributed by atoms with van der Waals surface area (Å²) >= 11 is 0. The Bertz CT molecular complexity index is 1130. The quantitative estimate of drug-likeness (QED) is 0.612. The molecular weight excluding hydrogens is 424 g/mol. The van der Waals surface area contributed by atoms with Gasteiger partial charge < -0.3 is 24.2 Å². The average Bonchev–Trinajstić information content (AvgIpc) is 3.30. The van der Waals surface area contributed by atoms with Crippen molar-refractivity contribution in [2.45, 2.75) is 19.8 Å². The largest absolute Gasteiger partial charge is 0.493 e. The van der Waals surface area contributed by atoms with E-state index in [0.29, 0.717) is 60.4 Å². The average molecular weight is 450 g/mol. The molecule has 172 valence electrons. The molecule has 0 bridgehead atoms. The summed E-state index contributed by atoms with van der Waals surface area (Å²) in [5.41, 5.74) is 2.02. The van der Waals surface area contributed by atoms with E-state index in [0.717, 1.165) is 5.56 Å². The number of amides is 2. The summed E-state index contributed by atoms with van der Waals surface area (Å²) < 4.78 is 15.5. The van der Waals surface area contributed by atoms with Gasteiger partial charge in [-0.1, -0.05) is 17.3 Å². The van der Waals surface area contributed by atoms with Crippen LogP contribution in [0.15, 0.2) is 47.0 Å². The number of hydrogen-bond acceptors (Lipinski definition) is 7. The third-order valence-electron chi connectivity index (χ3n) is 5.72. The van der Waals surface area contributed by atoms with Crippen LogP contribution in [-0.2, 0) is 4.79 Å². The Morgan fingerprint density at radius 2 is 1.73 bits per heavy atom. The van der Waals surface area contributed by atoms with Gasteiger partial charge in [0.2, 0.25) is 17.6 Å². The highest BCUT2D eigenvalue weighted by Crippen LogP contribution is 2.30. The number of ether oxygens (including phenoxy) is 2. The lowest BCUT2D eigenvalue weighted by Gasteiger charge is -2.31. The van der Waals surface area contributed by atoms with Crippen LogP contribution in [0.2, 0.25) is 0 Å². The second-order valence-electron chi connectivity index (χ2n) is 7.84. The topological polar surface area (TPSA) is 107 Å². The van der Waals surface area contributed by atoms with Crippen LogP contribution in [0.4, 0.5) is 5.69 Å². The van der Waals surface area contributed by atoms with E-state index >= 15 is 0 Å². The Hall–Kier alpha value is -3.88. The Kier molecular flexibility index (Phi) is 6.58. The summed E-state index contributed by atoms with van der Waals surface area (Å²) in [7, 11) is 3.12. The minimum atomic E-state index is -0.161. The Labute approximate surface area is 191 Å². The summed E-state index contributed by atoms with van der Waals surface area (Å²) in [6.45, 7) is 2.77. The van der Waals surface area contributed by atoms with E-state index in [4.69, 9.17) is 14.0 Å². The lowest BCUT2D eigenvalue weighted by Crippen LogP contribution is -2.41. The fraction of sp³-hybridized carbons (Fsp3) is 0.333. The fourth-order valence-electron chi connectivity index (χ4n) is 3.86. The van der Waals surface area contributed by atoms with E-state index in [1.165, 1.54) is 0 Å². The molecule has 33 heavy (non-hydrogen) atoms. The summed E-state index contributed by atoms with van der Waals surface area (Å²) in [6.07, 6.45) is 1.20. The molecule has 2 heterocycles. The zero-order chi connectivity index (χ0) is 23.4. The number of benzene rings is 2. The van der Waals surface area contributed by atoms with E-state index in [1.807, 2.05) is 0 Å². The molecule has 3 aromatic rings. The van der Waals surface area contributed by atoms with Crippen molar-refractivity contribution >= 4 is 17.5 Å². The summed E-state index contributed by atoms with van der Waals surface area (Å²) in [4.78, 5) is 31.6. The second-order valence-corrected chi connectivity index (χ2v) is 7.84. The van der Waals surface area contributed by atoms with Crippen molar-refractivity contribution in [1.82, 2.24) is 15.0 Å². The first-order valence-corrected chi connectivity index (χ1v) is 10.7. The van der Waals surface area contributed by atoms with E-state index < -0.39 is 0 Å². The van der Waals surface area contributed by atoms with Crippen molar-refractivity contribution in [2.75, 3.05) is 32.6 Å². The van der Waals surface area contributed by atoms with Gasteiger partial charge in [-0.05, 0) is 37.1 Å². The zero-order valence-corrected chi connectivity index (χ0v) is 18.8. The molecule has 0 spiro atoms. The van der Waals surface area contributed by atoms with Gasteiger partial charge in [0.25, 0.3) is 5.91 Å². The van der Waals surface area contributed by atoms with Gasteiger partial charge in [0.15, 0.2) is 11.5 Å². The molecule has 0 radical (unpaired) electrons. The molecule has 9 heteroatoms. The van der Waals surface area contributed by atoms with E-state index in [2.05, 4.69) is 15.5 Å². The SMILES string of the molecule is COc1ccc(NC(=O)C2CCN(C(=O)c3ccc(-c4noc(C)n4)cc3)CC2)cc1OC. The fourth-order valence-corrected chi connectivity index (χ4v) is 3.86. The van der Waals surface area contributed by atoms with E-state index in [9.17, 15) is 9.59 Å². The van der Waals surface area contributed by atoms with Crippen LogP contribution >= 0.6 is 0 Å². The van der Waals surface area contributed by atoms with Gasteiger partial charge in [-0.15, -0.1) is 0 Å². The third kappa shape index (κ3) is 4.97. The number of aromatic nitrogens is 2. The number of carbonyl (C=O) groups excluding carboxylic acids is 2. The minimum Gasteiger partial charge on any atom is -0.493 e. The molecule has 1 N–H and O–H groups in total. The lowest BCUT2D eigenvalue weighted by molar-refractivity contribution is -0.121. The maximum atomic E-state index is 12.9. The Morgan fingerprint density at radius 1 is 1.03 bits per heavy atom. The van der Waals surface area contributed by atoms with E-state index in [1.54, 1.807) is 68.5 Å². The van der Waals surface area contributed by atoms with Gasteiger partial charge in [-0.3, -0.25) is 9.59 Å². The van der Waals surface area contributed by atoms with Crippen LogP contribution in [0, 0.1) is 12.8 Å². The third-order valence-corrected chi connectivity index (χ3v) is 5.72. The molecular formula is C24H26N4O5. The van der Waals surface area contributed by atoms with Crippen molar-refractivity contribution in [2.24, 2.45) is 5.92 Å². The summed E-state index contributed by atoms with van der Waals surface area (Å²) in [6, 6.07) is 12.4. The molecule has 1 fully saturated rings. The van der Waals surface area contributed by atoms with Gasteiger partial charge in [0, 0.05) is 48.8 Å². The maximum absolute atomic E-state index is 12.9. The van der Waals surface area contributed by atoms with Crippen molar-refractivity contribution in [3.8, 4) is 22.9 Å². The first-order chi connectivity index (χ1) is 16.0. The van der Waals surface area contributed by atoms with Crippen LogP contribution in [0.5, 0.6) is 11.5 Å². The van der Waals surface area contributed by atoms with Crippen molar-refractivity contribution in [1.29, 1.82) is 0 Å². The number of piperidine rings is 1. The number of methoxy groups -OCH3 is 2. The van der Waals surface area contributed by atoms with Gasteiger partial charge >= 0.3 is 0 Å². The highest BCUT2D eigenvalue weighted by molar-refractivity contribution is 5.95. The van der Waals surface area contributed by atoms with Crippen LogP contribution < -0.4 is 14.8 Å². The monoisotopic (exact) mass is 450 g/mol. The normalized spacial score (nSPS) is 14.1. The summed E-state index contributed by atoms with van der Waals surface area (Å²) in [5, 5.41) is 6.83. The number of hydrogen-bond donors (Lipinski definition) is 1. The van der Waals surface area contributed by atoms with Crippen molar-refractivity contribution < 1.29 is 23.6 Å². The van der Waals surface area contributed by atoms with Crippen LogP contribution in [0.3, 0.4) is 0 Å². The van der Waals surface area contributed by atoms with Crippen LogP contribution in [0.1, 0.15) is 29.1 Å². The molecule has 0 atom stereocenters. The van der Waals surface area contributed by atoms with E-state index in [-0.39, 0.29) is 17.7 Å². The molecule has 1 saturated heterocycles. The molecule has 2 aromatic carbocycles.